The monoisotopic (exact) mass is 341 g/mol. The fraction of sp³-hybridized carbons (Fsp3) is 0.625. The Labute approximate surface area is 130 Å². The first kappa shape index (κ1) is 15.8. The number of benzene rings is 1. The number of likely N-dealkylation sites (N-methyl/N-ethyl adjacent to an activating group) is 1. The second-order valence-corrected chi connectivity index (χ2v) is 6.61. The molecule has 0 aliphatic carbocycles. The summed E-state index contributed by atoms with van der Waals surface area (Å²) < 4.78 is 12.6. The number of methoxy groups -OCH3 is 1. The average Bonchev–Trinajstić information content (AvgIpc) is 2.85. The van der Waals surface area contributed by atoms with E-state index in [9.17, 15) is 0 Å². The Balaban J connectivity index is 2.24. The van der Waals surface area contributed by atoms with Crippen LogP contribution in [0.2, 0.25) is 0 Å². The van der Waals surface area contributed by atoms with E-state index in [0.29, 0.717) is 5.92 Å². The van der Waals surface area contributed by atoms with Crippen molar-refractivity contribution >= 4 is 15.9 Å². The summed E-state index contributed by atoms with van der Waals surface area (Å²) in [4.78, 5) is 0. The van der Waals surface area contributed by atoms with Gasteiger partial charge in [0.1, 0.15) is 5.75 Å². The zero-order chi connectivity index (χ0) is 14.7. The van der Waals surface area contributed by atoms with E-state index in [2.05, 4.69) is 47.2 Å². The third kappa shape index (κ3) is 3.35. The van der Waals surface area contributed by atoms with E-state index in [1.165, 1.54) is 11.1 Å². The van der Waals surface area contributed by atoms with E-state index in [4.69, 9.17) is 9.47 Å². The summed E-state index contributed by atoms with van der Waals surface area (Å²) >= 11 is 3.60. The second-order valence-electron chi connectivity index (χ2n) is 5.70. The van der Waals surface area contributed by atoms with Crippen LogP contribution in [-0.2, 0) is 17.6 Å². The summed E-state index contributed by atoms with van der Waals surface area (Å²) in [7, 11) is 3.79. The predicted molar refractivity (Wildman–Crippen MR) is 85.5 cm³/mol. The molecule has 0 saturated carbocycles. The van der Waals surface area contributed by atoms with E-state index in [1.807, 2.05) is 7.05 Å². The molecule has 1 aliphatic rings. The van der Waals surface area contributed by atoms with Crippen LogP contribution in [-0.4, -0.2) is 32.9 Å². The Hall–Kier alpha value is -0.580. The van der Waals surface area contributed by atoms with Gasteiger partial charge in [0.25, 0.3) is 0 Å². The van der Waals surface area contributed by atoms with Crippen LogP contribution in [0.25, 0.3) is 0 Å². The van der Waals surface area contributed by atoms with Crippen LogP contribution in [0.3, 0.4) is 0 Å². The molecule has 3 nitrogen and oxygen atoms in total. The van der Waals surface area contributed by atoms with Gasteiger partial charge < -0.3 is 14.8 Å². The minimum atomic E-state index is 0.191. The molecule has 1 aromatic carbocycles. The van der Waals surface area contributed by atoms with E-state index < -0.39 is 0 Å². The summed E-state index contributed by atoms with van der Waals surface area (Å²) in [6.45, 7) is 5.18. The van der Waals surface area contributed by atoms with E-state index in [1.54, 1.807) is 7.11 Å². The number of hydrogen-bond acceptors (Lipinski definition) is 3. The smallest absolute Gasteiger partial charge is 0.125 e. The van der Waals surface area contributed by atoms with Crippen LogP contribution in [0.5, 0.6) is 5.75 Å². The molecule has 2 rings (SSSR count). The third-order valence-corrected chi connectivity index (χ3v) is 4.42. The van der Waals surface area contributed by atoms with Crippen molar-refractivity contribution in [3.05, 3.63) is 27.7 Å². The second kappa shape index (κ2) is 6.92. The SMILES string of the molecule is CNC(Cc1cc(Br)cc2c1OCC2)C(OC)C(C)C. The highest BCUT2D eigenvalue weighted by Gasteiger charge is 2.26. The number of fused-ring (bicyclic) bond motifs is 1. The maximum absolute atomic E-state index is 5.81. The lowest BCUT2D eigenvalue weighted by molar-refractivity contribution is 0.0352. The zero-order valence-electron chi connectivity index (χ0n) is 12.7. The van der Waals surface area contributed by atoms with Gasteiger partial charge in [-0.05, 0) is 42.6 Å². The molecule has 0 amide bonds. The van der Waals surface area contributed by atoms with Crippen LogP contribution in [0, 0.1) is 5.92 Å². The van der Waals surface area contributed by atoms with Gasteiger partial charge in [0.15, 0.2) is 0 Å². The summed E-state index contributed by atoms with van der Waals surface area (Å²) in [5.74, 6) is 1.55. The third-order valence-electron chi connectivity index (χ3n) is 3.96. The molecular formula is C16H24BrNO2. The van der Waals surface area contributed by atoms with Crippen LogP contribution in [0.4, 0.5) is 0 Å². The van der Waals surface area contributed by atoms with Crippen molar-refractivity contribution in [1.29, 1.82) is 0 Å². The highest BCUT2D eigenvalue weighted by Crippen LogP contribution is 2.34. The van der Waals surface area contributed by atoms with Crippen LogP contribution in [0.1, 0.15) is 25.0 Å². The molecule has 0 bridgehead atoms. The Kier molecular flexibility index (Phi) is 5.47. The van der Waals surface area contributed by atoms with Gasteiger partial charge >= 0.3 is 0 Å². The Bertz CT molecular complexity index is 462. The van der Waals surface area contributed by atoms with Gasteiger partial charge in [-0.25, -0.2) is 0 Å². The maximum atomic E-state index is 5.81. The summed E-state index contributed by atoms with van der Waals surface area (Å²) in [6.07, 6.45) is 2.11. The lowest BCUT2D eigenvalue weighted by atomic mass is 9.93. The molecule has 1 aliphatic heterocycles. The van der Waals surface area contributed by atoms with Crippen LogP contribution in [0.15, 0.2) is 16.6 Å². The molecular weight excluding hydrogens is 318 g/mol. The molecule has 0 saturated heterocycles. The fourth-order valence-electron chi connectivity index (χ4n) is 3.02. The molecule has 112 valence electrons. The highest BCUT2D eigenvalue weighted by molar-refractivity contribution is 9.10. The molecule has 0 spiro atoms. The van der Waals surface area contributed by atoms with Crippen LogP contribution >= 0.6 is 15.9 Å². The minimum Gasteiger partial charge on any atom is -0.493 e. The number of halogens is 1. The van der Waals surface area contributed by atoms with Crippen molar-refractivity contribution in [2.75, 3.05) is 20.8 Å². The maximum Gasteiger partial charge on any atom is 0.125 e. The van der Waals surface area contributed by atoms with Gasteiger partial charge in [0.2, 0.25) is 0 Å². The molecule has 2 unspecified atom stereocenters. The Morgan fingerprint density at radius 2 is 2.15 bits per heavy atom. The van der Waals surface area contributed by atoms with Gasteiger partial charge in [-0.1, -0.05) is 29.8 Å². The van der Waals surface area contributed by atoms with Crippen molar-refractivity contribution in [3.63, 3.8) is 0 Å². The summed E-state index contributed by atoms with van der Waals surface area (Å²) in [5.41, 5.74) is 2.57. The largest absolute Gasteiger partial charge is 0.493 e. The first-order valence-corrected chi connectivity index (χ1v) is 8.00. The molecule has 0 aromatic heterocycles. The zero-order valence-corrected chi connectivity index (χ0v) is 14.3. The van der Waals surface area contributed by atoms with Gasteiger partial charge in [0, 0.05) is 24.0 Å². The van der Waals surface area contributed by atoms with Crippen molar-refractivity contribution in [2.45, 2.75) is 38.8 Å². The average molecular weight is 342 g/mol. The lowest BCUT2D eigenvalue weighted by Gasteiger charge is -2.29. The first-order chi connectivity index (χ1) is 9.56. The molecule has 2 atom stereocenters. The number of nitrogens with one attached hydrogen (secondary N) is 1. The van der Waals surface area contributed by atoms with E-state index >= 15 is 0 Å². The normalized spacial score (nSPS) is 16.9. The van der Waals surface area contributed by atoms with Crippen LogP contribution < -0.4 is 10.1 Å². The first-order valence-electron chi connectivity index (χ1n) is 7.21. The fourth-order valence-corrected chi connectivity index (χ4v) is 3.57. The van der Waals surface area contributed by atoms with E-state index in [0.717, 1.165) is 29.7 Å². The molecule has 0 radical (unpaired) electrons. The predicted octanol–water partition coefficient (Wildman–Crippen LogP) is 3.19. The Morgan fingerprint density at radius 1 is 1.40 bits per heavy atom. The number of rotatable bonds is 6. The van der Waals surface area contributed by atoms with Gasteiger partial charge in [-0.2, -0.15) is 0 Å². The van der Waals surface area contributed by atoms with Gasteiger partial charge in [-0.15, -0.1) is 0 Å². The van der Waals surface area contributed by atoms with Crippen molar-refractivity contribution < 1.29 is 9.47 Å². The standard InChI is InChI=1S/C16H24BrNO2/c1-10(2)15(19-4)14(18-3)9-12-8-13(17)7-11-5-6-20-16(11)12/h7-8,10,14-15,18H,5-6,9H2,1-4H3. The van der Waals surface area contributed by atoms with Crippen molar-refractivity contribution in [1.82, 2.24) is 5.32 Å². The molecule has 1 aromatic rings. The number of ether oxygens (including phenoxy) is 2. The lowest BCUT2D eigenvalue weighted by Crippen LogP contribution is -2.43. The van der Waals surface area contributed by atoms with Crippen molar-refractivity contribution in [2.24, 2.45) is 5.92 Å². The van der Waals surface area contributed by atoms with E-state index in [-0.39, 0.29) is 12.1 Å². The van der Waals surface area contributed by atoms with Crippen molar-refractivity contribution in [3.8, 4) is 5.75 Å². The van der Waals surface area contributed by atoms with Gasteiger partial charge in [-0.3, -0.25) is 0 Å². The summed E-state index contributed by atoms with van der Waals surface area (Å²) in [6, 6.07) is 4.61. The Morgan fingerprint density at radius 3 is 2.75 bits per heavy atom. The van der Waals surface area contributed by atoms with Gasteiger partial charge in [0.05, 0.1) is 12.7 Å². The molecule has 20 heavy (non-hydrogen) atoms. The highest BCUT2D eigenvalue weighted by atomic mass is 79.9. The molecule has 1 heterocycles. The molecule has 1 N–H and O–H groups in total. The topological polar surface area (TPSA) is 30.5 Å². The molecule has 4 heteroatoms. The summed E-state index contributed by atoms with van der Waals surface area (Å²) in [5, 5.41) is 3.40. The minimum absolute atomic E-state index is 0.191. The molecule has 0 fully saturated rings. The quantitative estimate of drug-likeness (QED) is 0.861. The number of hydrogen-bond donors (Lipinski definition) is 1.